The van der Waals surface area contributed by atoms with E-state index in [0.717, 1.165) is 0 Å². The van der Waals surface area contributed by atoms with Crippen LogP contribution in [0.25, 0.3) is 0 Å². The molecule has 2 atom stereocenters. The van der Waals surface area contributed by atoms with Crippen molar-refractivity contribution in [2.75, 3.05) is 31.2 Å². The van der Waals surface area contributed by atoms with Crippen molar-refractivity contribution in [2.45, 2.75) is 18.4 Å². The molecule has 0 spiro atoms. The number of morpholine rings is 1. The summed E-state index contributed by atoms with van der Waals surface area (Å²) >= 11 is 5.83. The molecule has 0 amide bonds. The predicted molar refractivity (Wildman–Crippen MR) is 57.6 cm³/mol. The van der Waals surface area contributed by atoms with Gasteiger partial charge in [-0.15, -0.1) is 16.7 Å². The van der Waals surface area contributed by atoms with E-state index in [1.807, 2.05) is 4.90 Å². The van der Waals surface area contributed by atoms with Crippen LogP contribution in [0.15, 0.2) is 4.42 Å². The number of aromatic nitrogens is 2. The van der Waals surface area contributed by atoms with Gasteiger partial charge in [-0.3, -0.25) is 0 Å². The second-order valence-electron chi connectivity index (χ2n) is 3.66. The summed E-state index contributed by atoms with van der Waals surface area (Å²) in [6.45, 7) is 3.53. The first-order valence-corrected chi connectivity index (χ1v) is 5.59. The molecule has 2 rings (SSSR count). The normalized spacial score (nSPS) is 23.4. The van der Waals surface area contributed by atoms with Gasteiger partial charge in [-0.05, 0) is 6.92 Å². The number of hydrogen-bond donors (Lipinski definition) is 1. The summed E-state index contributed by atoms with van der Waals surface area (Å²) in [6.07, 6.45) is -0.197. The lowest BCUT2D eigenvalue weighted by molar-refractivity contribution is 0.00224. The van der Waals surface area contributed by atoms with Crippen LogP contribution in [0.3, 0.4) is 0 Å². The zero-order valence-electron chi connectivity index (χ0n) is 8.97. The highest BCUT2D eigenvalue weighted by Gasteiger charge is 2.24. The number of anilines is 1. The number of aliphatic hydroxyl groups excluding tert-OH is 1. The Bertz CT molecular complexity index is 344. The van der Waals surface area contributed by atoms with Crippen molar-refractivity contribution in [1.29, 1.82) is 0 Å². The second kappa shape index (κ2) is 4.99. The van der Waals surface area contributed by atoms with Gasteiger partial charge in [-0.1, -0.05) is 5.10 Å². The maximum atomic E-state index is 9.01. The van der Waals surface area contributed by atoms with Gasteiger partial charge in [0.1, 0.15) is 5.38 Å². The van der Waals surface area contributed by atoms with Crippen LogP contribution in [0.2, 0.25) is 0 Å². The van der Waals surface area contributed by atoms with Crippen LogP contribution in [-0.4, -0.2) is 47.7 Å². The molecule has 90 valence electrons. The van der Waals surface area contributed by atoms with Crippen molar-refractivity contribution in [2.24, 2.45) is 0 Å². The van der Waals surface area contributed by atoms with E-state index < -0.39 is 0 Å². The smallest absolute Gasteiger partial charge is 0.318 e. The molecule has 0 aromatic carbocycles. The Hall–Kier alpha value is -0.850. The minimum Gasteiger partial charge on any atom is -0.406 e. The van der Waals surface area contributed by atoms with E-state index in [1.165, 1.54) is 0 Å². The van der Waals surface area contributed by atoms with Crippen LogP contribution >= 0.6 is 11.6 Å². The molecule has 1 aromatic heterocycles. The number of hydrogen-bond acceptors (Lipinski definition) is 6. The van der Waals surface area contributed by atoms with Gasteiger partial charge >= 0.3 is 6.01 Å². The molecule has 1 N–H and O–H groups in total. The Balaban J connectivity index is 2.05. The molecular formula is C9H14ClN3O3. The average molecular weight is 248 g/mol. The Labute approximate surface area is 98.2 Å². The average Bonchev–Trinajstić information content (AvgIpc) is 2.78. The van der Waals surface area contributed by atoms with Crippen molar-refractivity contribution in [1.82, 2.24) is 10.2 Å². The molecule has 1 aliphatic rings. The quantitative estimate of drug-likeness (QED) is 0.788. The van der Waals surface area contributed by atoms with Gasteiger partial charge in [0.15, 0.2) is 0 Å². The Morgan fingerprint density at radius 1 is 1.62 bits per heavy atom. The van der Waals surface area contributed by atoms with Crippen LogP contribution < -0.4 is 4.90 Å². The Morgan fingerprint density at radius 3 is 3.06 bits per heavy atom. The summed E-state index contributed by atoms with van der Waals surface area (Å²) in [4.78, 5) is 1.89. The summed E-state index contributed by atoms with van der Waals surface area (Å²) in [5, 5.41) is 16.5. The molecule has 1 fully saturated rings. The Morgan fingerprint density at radius 2 is 2.44 bits per heavy atom. The third-order valence-corrected chi connectivity index (χ3v) is 2.57. The summed E-state index contributed by atoms with van der Waals surface area (Å²) < 4.78 is 10.7. The maximum absolute atomic E-state index is 9.01. The molecule has 16 heavy (non-hydrogen) atoms. The summed E-state index contributed by atoms with van der Waals surface area (Å²) in [5.41, 5.74) is 0. The third kappa shape index (κ3) is 2.45. The molecule has 0 saturated carbocycles. The molecule has 0 bridgehead atoms. The highest BCUT2D eigenvalue weighted by atomic mass is 35.5. The minimum atomic E-state index is -0.295. The maximum Gasteiger partial charge on any atom is 0.318 e. The molecule has 0 aliphatic carbocycles. The Kier molecular flexibility index (Phi) is 3.63. The third-order valence-electron chi connectivity index (χ3n) is 2.38. The molecular weight excluding hydrogens is 234 g/mol. The predicted octanol–water partition coefficient (Wildman–Crippen LogP) is 0.567. The molecule has 1 aliphatic heterocycles. The minimum absolute atomic E-state index is 0.0105. The molecule has 6 nitrogen and oxygen atoms in total. The zero-order valence-corrected chi connectivity index (χ0v) is 9.72. The fraction of sp³-hybridized carbons (Fsp3) is 0.778. The molecule has 1 saturated heterocycles. The SMILES string of the molecule is CC(Cl)c1nnc(N2CCOC(CO)C2)o1. The van der Waals surface area contributed by atoms with Gasteiger partial charge in [0, 0.05) is 6.54 Å². The number of halogens is 1. The fourth-order valence-electron chi connectivity index (χ4n) is 1.52. The lowest BCUT2D eigenvalue weighted by atomic mass is 10.3. The molecule has 7 heteroatoms. The first kappa shape index (κ1) is 11.6. The van der Waals surface area contributed by atoms with Crippen molar-refractivity contribution in [3.05, 3.63) is 5.89 Å². The van der Waals surface area contributed by atoms with Crippen LogP contribution in [0.5, 0.6) is 0 Å². The van der Waals surface area contributed by atoms with Gasteiger partial charge in [-0.2, -0.15) is 0 Å². The second-order valence-corrected chi connectivity index (χ2v) is 4.31. The standard InChI is InChI=1S/C9H14ClN3O3/c1-6(10)8-11-12-9(16-8)13-2-3-15-7(4-13)5-14/h6-7,14H,2-5H2,1H3. The van der Waals surface area contributed by atoms with Gasteiger partial charge in [0.2, 0.25) is 5.89 Å². The first-order chi connectivity index (χ1) is 7.70. The van der Waals surface area contributed by atoms with E-state index in [1.54, 1.807) is 6.92 Å². The molecule has 2 unspecified atom stereocenters. The number of nitrogens with zero attached hydrogens (tertiary/aromatic N) is 3. The van der Waals surface area contributed by atoms with E-state index in [-0.39, 0.29) is 18.1 Å². The van der Waals surface area contributed by atoms with E-state index in [4.69, 9.17) is 25.9 Å². The summed E-state index contributed by atoms with van der Waals surface area (Å²) in [6, 6.07) is 0.434. The van der Waals surface area contributed by atoms with E-state index in [9.17, 15) is 0 Å². The van der Waals surface area contributed by atoms with E-state index in [2.05, 4.69) is 10.2 Å². The molecule has 1 aromatic rings. The highest BCUT2D eigenvalue weighted by Crippen LogP contribution is 2.22. The fourth-order valence-corrected chi connectivity index (χ4v) is 1.61. The molecule has 0 radical (unpaired) electrons. The zero-order chi connectivity index (χ0) is 11.5. The summed E-state index contributed by atoms with van der Waals surface area (Å²) in [7, 11) is 0. The van der Waals surface area contributed by atoms with Gasteiger partial charge in [0.05, 0.1) is 25.9 Å². The van der Waals surface area contributed by atoms with Gasteiger partial charge in [0.25, 0.3) is 0 Å². The lowest BCUT2D eigenvalue weighted by Gasteiger charge is -2.30. The van der Waals surface area contributed by atoms with E-state index in [0.29, 0.717) is 31.6 Å². The van der Waals surface area contributed by atoms with Crippen molar-refractivity contribution < 1.29 is 14.3 Å². The van der Waals surface area contributed by atoms with Crippen molar-refractivity contribution in [3.63, 3.8) is 0 Å². The number of ether oxygens (including phenoxy) is 1. The topological polar surface area (TPSA) is 71.6 Å². The van der Waals surface area contributed by atoms with Crippen molar-refractivity contribution >= 4 is 17.6 Å². The molecule has 2 heterocycles. The largest absolute Gasteiger partial charge is 0.406 e. The summed E-state index contributed by atoms with van der Waals surface area (Å²) in [5.74, 6) is 0.406. The van der Waals surface area contributed by atoms with Gasteiger partial charge in [-0.25, -0.2) is 0 Å². The first-order valence-electron chi connectivity index (χ1n) is 5.15. The van der Waals surface area contributed by atoms with Crippen LogP contribution in [0, 0.1) is 0 Å². The highest BCUT2D eigenvalue weighted by molar-refractivity contribution is 6.20. The van der Waals surface area contributed by atoms with Crippen LogP contribution in [0.1, 0.15) is 18.2 Å². The van der Waals surface area contributed by atoms with E-state index >= 15 is 0 Å². The van der Waals surface area contributed by atoms with Crippen molar-refractivity contribution in [3.8, 4) is 0 Å². The van der Waals surface area contributed by atoms with Crippen LogP contribution in [0.4, 0.5) is 6.01 Å². The number of rotatable bonds is 3. The van der Waals surface area contributed by atoms with Gasteiger partial charge < -0.3 is 19.2 Å². The van der Waals surface area contributed by atoms with Crippen LogP contribution in [-0.2, 0) is 4.74 Å². The number of aliphatic hydroxyl groups is 1. The monoisotopic (exact) mass is 247 g/mol. The number of alkyl halides is 1. The lowest BCUT2D eigenvalue weighted by Crippen LogP contribution is -2.44.